The maximum atomic E-state index is 13.1. The Bertz CT molecular complexity index is 929. The summed E-state index contributed by atoms with van der Waals surface area (Å²) in [6, 6.07) is 0.576. The molecule has 1 fully saturated rings. The maximum absolute atomic E-state index is 13.1. The number of alkyl halides is 6. The Kier molecular flexibility index (Phi) is 5.70. The van der Waals surface area contributed by atoms with Crippen LogP contribution < -0.4 is 0 Å². The summed E-state index contributed by atoms with van der Waals surface area (Å²) in [7, 11) is 0. The average molecular weight is 450 g/mol. The third-order valence-electron chi connectivity index (χ3n) is 4.55. The number of benzene rings is 1. The molecule has 2 heterocycles. The van der Waals surface area contributed by atoms with Crippen molar-refractivity contribution in [1.82, 2.24) is 20.1 Å². The van der Waals surface area contributed by atoms with Gasteiger partial charge in [-0.05, 0) is 51.8 Å². The van der Waals surface area contributed by atoms with Crippen LogP contribution in [0.2, 0.25) is 0 Å². The average Bonchev–Trinajstić information content (AvgIpc) is 3.27. The van der Waals surface area contributed by atoms with E-state index in [-0.39, 0.29) is 17.7 Å². The number of halogens is 6. The fraction of sp³-hybridized carbons (Fsp3) is 0.526. The predicted molar refractivity (Wildman–Crippen MR) is 96.7 cm³/mol. The van der Waals surface area contributed by atoms with Crippen LogP contribution in [-0.2, 0) is 17.1 Å². The summed E-state index contributed by atoms with van der Waals surface area (Å²) >= 11 is 0. The second kappa shape index (κ2) is 7.72. The molecule has 170 valence electrons. The van der Waals surface area contributed by atoms with E-state index in [1.54, 1.807) is 20.8 Å². The van der Waals surface area contributed by atoms with Gasteiger partial charge in [0.15, 0.2) is 5.82 Å². The van der Waals surface area contributed by atoms with Crippen molar-refractivity contribution in [3.63, 3.8) is 0 Å². The highest BCUT2D eigenvalue weighted by Gasteiger charge is 2.38. The summed E-state index contributed by atoms with van der Waals surface area (Å²) in [6.07, 6.45) is -9.43. The molecule has 1 aliphatic rings. The molecular weight excluding hydrogens is 430 g/mol. The monoisotopic (exact) mass is 450 g/mol. The minimum Gasteiger partial charge on any atom is -0.444 e. The van der Waals surface area contributed by atoms with Crippen LogP contribution in [0.1, 0.15) is 56.6 Å². The van der Waals surface area contributed by atoms with Crippen molar-refractivity contribution < 1.29 is 35.9 Å². The minimum atomic E-state index is -4.98. The number of rotatable bonds is 2. The molecule has 0 aliphatic carbocycles. The van der Waals surface area contributed by atoms with Gasteiger partial charge in [-0.2, -0.15) is 31.4 Å². The van der Waals surface area contributed by atoms with Crippen molar-refractivity contribution in [3.05, 3.63) is 35.2 Å². The van der Waals surface area contributed by atoms with Crippen LogP contribution in [0.15, 0.2) is 18.2 Å². The number of ether oxygens (including phenoxy) is 1. The summed E-state index contributed by atoms with van der Waals surface area (Å²) in [5, 5.41) is 6.33. The SMILES string of the molecule is CC(C)(C)OC(=O)N1CCC[C@@H]1c1nc(-c2cc(C(F)(F)F)cc(C(F)(F)F)c2)n[nH]1. The first-order valence-electron chi connectivity index (χ1n) is 9.37. The van der Waals surface area contributed by atoms with Crippen molar-refractivity contribution in [3.8, 4) is 11.4 Å². The summed E-state index contributed by atoms with van der Waals surface area (Å²) in [4.78, 5) is 17.9. The molecule has 1 aliphatic heterocycles. The number of H-pyrrole nitrogens is 1. The number of nitrogens with one attached hydrogen (secondary N) is 1. The number of hydrogen-bond donors (Lipinski definition) is 1. The molecule has 0 bridgehead atoms. The number of nitrogens with zero attached hydrogens (tertiary/aromatic N) is 3. The Morgan fingerprint density at radius 3 is 2.16 bits per heavy atom. The van der Waals surface area contributed by atoms with Crippen LogP contribution in [0.4, 0.5) is 31.1 Å². The normalized spacial score (nSPS) is 17.8. The largest absolute Gasteiger partial charge is 0.444 e. The summed E-state index contributed by atoms with van der Waals surface area (Å²) < 4.78 is 84.0. The first-order valence-corrected chi connectivity index (χ1v) is 9.37. The molecule has 12 heteroatoms. The van der Waals surface area contributed by atoms with E-state index in [1.807, 2.05) is 0 Å². The number of carbonyl (C=O) groups is 1. The smallest absolute Gasteiger partial charge is 0.416 e. The zero-order valence-corrected chi connectivity index (χ0v) is 16.9. The lowest BCUT2D eigenvalue weighted by Crippen LogP contribution is -2.36. The van der Waals surface area contributed by atoms with E-state index in [9.17, 15) is 31.1 Å². The molecule has 0 spiro atoms. The molecule has 31 heavy (non-hydrogen) atoms. The quantitative estimate of drug-likeness (QED) is 0.607. The molecule has 0 radical (unpaired) electrons. The van der Waals surface area contributed by atoms with Gasteiger partial charge in [0.2, 0.25) is 0 Å². The van der Waals surface area contributed by atoms with Crippen LogP contribution in [0, 0.1) is 0 Å². The van der Waals surface area contributed by atoms with E-state index in [0.717, 1.165) is 0 Å². The van der Waals surface area contributed by atoms with Gasteiger partial charge in [-0.15, -0.1) is 0 Å². The number of carbonyl (C=O) groups excluding carboxylic acids is 1. The molecule has 3 rings (SSSR count). The molecule has 1 aromatic heterocycles. The molecular formula is C19H20F6N4O2. The minimum absolute atomic E-state index is 0.0400. The first kappa shape index (κ1) is 22.9. The topological polar surface area (TPSA) is 71.1 Å². The van der Waals surface area contributed by atoms with Crippen LogP contribution in [0.25, 0.3) is 11.4 Å². The van der Waals surface area contributed by atoms with Gasteiger partial charge in [-0.1, -0.05) is 0 Å². The van der Waals surface area contributed by atoms with E-state index in [4.69, 9.17) is 4.74 Å². The Balaban J connectivity index is 1.94. The van der Waals surface area contributed by atoms with Crippen LogP contribution in [0.5, 0.6) is 0 Å². The number of hydrogen-bond acceptors (Lipinski definition) is 4. The van der Waals surface area contributed by atoms with E-state index in [2.05, 4.69) is 15.2 Å². The van der Waals surface area contributed by atoms with Gasteiger partial charge in [0.1, 0.15) is 11.4 Å². The fourth-order valence-electron chi connectivity index (χ4n) is 3.23. The van der Waals surface area contributed by atoms with Gasteiger partial charge < -0.3 is 4.74 Å². The molecule has 1 N–H and O–H groups in total. The maximum Gasteiger partial charge on any atom is 0.416 e. The third-order valence-corrected chi connectivity index (χ3v) is 4.55. The van der Waals surface area contributed by atoms with Gasteiger partial charge in [0, 0.05) is 12.1 Å². The number of amides is 1. The lowest BCUT2D eigenvalue weighted by Gasteiger charge is -2.27. The van der Waals surface area contributed by atoms with Crippen LogP contribution in [-0.4, -0.2) is 38.3 Å². The summed E-state index contributed by atoms with van der Waals surface area (Å²) in [5.41, 5.74) is -4.09. The highest BCUT2D eigenvalue weighted by Crippen LogP contribution is 2.38. The van der Waals surface area contributed by atoms with Crippen molar-refractivity contribution in [2.75, 3.05) is 6.54 Å². The van der Waals surface area contributed by atoms with E-state index in [1.165, 1.54) is 4.90 Å². The first-order chi connectivity index (χ1) is 14.1. The Labute approximate surface area is 173 Å². The molecule has 0 unspecified atom stereocenters. The fourth-order valence-corrected chi connectivity index (χ4v) is 3.23. The zero-order chi connectivity index (χ0) is 23.2. The lowest BCUT2D eigenvalue weighted by atomic mass is 10.0. The zero-order valence-electron chi connectivity index (χ0n) is 16.9. The highest BCUT2D eigenvalue weighted by atomic mass is 19.4. The third kappa shape index (κ3) is 5.28. The Morgan fingerprint density at radius 1 is 1.06 bits per heavy atom. The predicted octanol–water partition coefficient (Wildman–Crippen LogP) is 5.58. The van der Waals surface area contributed by atoms with E-state index >= 15 is 0 Å². The Hall–Kier alpha value is -2.79. The number of aromatic nitrogens is 3. The van der Waals surface area contributed by atoms with Crippen LogP contribution in [0.3, 0.4) is 0 Å². The molecule has 1 aromatic carbocycles. The number of likely N-dealkylation sites (tertiary alicyclic amines) is 1. The van der Waals surface area contributed by atoms with Crippen molar-refractivity contribution in [2.24, 2.45) is 0 Å². The molecule has 1 atom stereocenters. The number of aromatic amines is 1. The van der Waals surface area contributed by atoms with E-state index in [0.29, 0.717) is 31.5 Å². The summed E-state index contributed by atoms with van der Waals surface area (Å²) in [6.45, 7) is 5.48. The van der Waals surface area contributed by atoms with Gasteiger partial charge in [-0.25, -0.2) is 9.78 Å². The second-order valence-electron chi connectivity index (χ2n) is 8.17. The van der Waals surface area contributed by atoms with E-state index < -0.39 is 46.8 Å². The van der Waals surface area contributed by atoms with Gasteiger partial charge in [-0.3, -0.25) is 10.00 Å². The van der Waals surface area contributed by atoms with Gasteiger partial charge in [0.05, 0.1) is 17.2 Å². The van der Waals surface area contributed by atoms with Crippen molar-refractivity contribution >= 4 is 6.09 Å². The standard InChI is InChI=1S/C19H20F6N4O2/c1-17(2,3)31-16(30)29-6-4-5-13(29)15-26-14(27-28-15)10-7-11(18(20,21)22)9-12(8-10)19(23,24)25/h7-9,13H,4-6H2,1-3H3,(H,26,27,28)/t13-/m1/s1. The van der Waals surface area contributed by atoms with Crippen molar-refractivity contribution in [2.45, 2.75) is 57.6 Å². The molecule has 6 nitrogen and oxygen atoms in total. The Morgan fingerprint density at radius 2 is 1.65 bits per heavy atom. The molecule has 1 saturated heterocycles. The van der Waals surface area contributed by atoms with Crippen molar-refractivity contribution in [1.29, 1.82) is 0 Å². The van der Waals surface area contributed by atoms with Gasteiger partial charge >= 0.3 is 18.4 Å². The highest BCUT2D eigenvalue weighted by molar-refractivity contribution is 5.69. The summed E-state index contributed by atoms with van der Waals surface area (Å²) in [5.74, 6) is -0.174. The van der Waals surface area contributed by atoms with Gasteiger partial charge in [0.25, 0.3) is 0 Å². The lowest BCUT2D eigenvalue weighted by molar-refractivity contribution is -0.143. The second-order valence-corrected chi connectivity index (χ2v) is 8.17. The molecule has 0 saturated carbocycles. The molecule has 1 amide bonds. The molecule has 2 aromatic rings. The van der Waals surface area contributed by atoms with Crippen LogP contribution >= 0.6 is 0 Å².